The van der Waals surface area contributed by atoms with Crippen LogP contribution in [0.5, 0.6) is 5.75 Å². The van der Waals surface area contributed by atoms with E-state index in [2.05, 4.69) is 16.0 Å². The molecule has 0 saturated carbocycles. The van der Waals surface area contributed by atoms with Crippen LogP contribution >= 0.6 is 0 Å². The van der Waals surface area contributed by atoms with Crippen molar-refractivity contribution in [3.63, 3.8) is 0 Å². The number of carbonyl (C=O) groups excluding carboxylic acids is 5. The van der Waals surface area contributed by atoms with Crippen LogP contribution in [0.25, 0.3) is 0 Å². The lowest BCUT2D eigenvalue weighted by atomic mass is 10.1. The van der Waals surface area contributed by atoms with E-state index in [-0.39, 0.29) is 43.5 Å². The number of rotatable bonds is 24. The van der Waals surface area contributed by atoms with Crippen molar-refractivity contribution in [2.45, 2.75) is 38.3 Å². The van der Waals surface area contributed by atoms with Crippen LogP contribution in [0.4, 0.5) is 5.69 Å². The molecule has 0 fully saturated rings. The van der Waals surface area contributed by atoms with E-state index in [1.807, 2.05) is 0 Å². The summed E-state index contributed by atoms with van der Waals surface area (Å²) >= 11 is 0. The van der Waals surface area contributed by atoms with Crippen molar-refractivity contribution in [1.29, 1.82) is 0 Å². The van der Waals surface area contributed by atoms with E-state index in [0.717, 1.165) is 0 Å². The number of carbonyl (C=O) groups is 5. The molecule has 5 N–H and O–H groups in total. The minimum atomic E-state index is -0.893. The van der Waals surface area contributed by atoms with Gasteiger partial charge in [0.05, 0.1) is 46.8 Å². The van der Waals surface area contributed by atoms with Gasteiger partial charge in [0.15, 0.2) is 0 Å². The number of primary amides is 1. The van der Waals surface area contributed by atoms with Crippen molar-refractivity contribution >= 4 is 35.6 Å². The minimum Gasteiger partial charge on any atom is -0.497 e. The highest BCUT2D eigenvalue weighted by molar-refractivity contribution is 6.04. The first kappa shape index (κ1) is 37.1. The smallest absolute Gasteiger partial charge is 0.255 e. The van der Waals surface area contributed by atoms with Gasteiger partial charge in [-0.05, 0) is 49.7 Å². The summed E-state index contributed by atoms with van der Waals surface area (Å²) in [6.45, 7) is 4.35. The molecule has 1 aliphatic rings. The number of anilines is 1. The van der Waals surface area contributed by atoms with Crippen LogP contribution in [0.3, 0.4) is 0 Å². The number of aldehydes is 1. The van der Waals surface area contributed by atoms with E-state index in [0.29, 0.717) is 100 Å². The monoisotopic (exact) mass is 655 g/mol. The van der Waals surface area contributed by atoms with Crippen LogP contribution in [0.15, 0.2) is 42.5 Å². The maximum atomic E-state index is 12.9. The van der Waals surface area contributed by atoms with Gasteiger partial charge < -0.3 is 50.3 Å². The predicted molar refractivity (Wildman–Crippen MR) is 173 cm³/mol. The summed E-state index contributed by atoms with van der Waals surface area (Å²) in [5, 5.41) is 8.90. The zero-order valence-electron chi connectivity index (χ0n) is 26.8. The second-order valence-corrected chi connectivity index (χ2v) is 10.7. The Morgan fingerprint density at radius 2 is 1.66 bits per heavy atom. The molecule has 256 valence electrons. The molecule has 1 atom stereocenters. The summed E-state index contributed by atoms with van der Waals surface area (Å²) < 4.78 is 21.6. The first-order valence-corrected chi connectivity index (χ1v) is 15.7. The van der Waals surface area contributed by atoms with Crippen LogP contribution in [0.2, 0.25) is 0 Å². The molecule has 1 unspecified atom stereocenters. The molecule has 0 bridgehead atoms. The summed E-state index contributed by atoms with van der Waals surface area (Å²) in [6.07, 6.45) is 1.84. The van der Waals surface area contributed by atoms with Crippen molar-refractivity contribution in [2.24, 2.45) is 5.73 Å². The molecule has 0 saturated heterocycles. The van der Waals surface area contributed by atoms with E-state index >= 15 is 0 Å². The maximum Gasteiger partial charge on any atom is 0.255 e. The summed E-state index contributed by atoms with van der Waals surface area (Å²) in [7, 11) is 1.55. The van der Waals surface area contributed by atoms with Crippen LogP contribution in [0, 0.1) is 0 Å². The number of hydrogen-bond acceptors (Lipinski definition) is 10. The number of benzene rings is 2. The molecule has 14 heteroatoms. The van der Waals surface area contributed by atoms with Crippen molar-refractivity contribution in [1.82, 2.24) is 15.5 Å². The Morgan fingerprint density at radius 3 is 2.36 bits per heavy atom. The Hall–Kier alpha value is -4.37. The first-order chi connectivity index (χ1) is 22.8. The summed E-state index contributed by atoms with van der Waals surface area (Å²) in [6, 6.07) is 11.1. The average Bonchev–Trinajstić information content (AvgIpc) is 3.40. The van der Waals surface area contributed by atoms with Gasteiger partial charge in [0.2, 0.25) is 11.8 Å². The highest BCUT2D eigenvalue weighted by Gasteiger charge is 2.36. The van der Waals surface area contributed by atoms with Gasteiger partial charge >= 0.3 is 0 Å². The van der Waals surface area contributed by atoms with Crippen molar-refractivity contribution in [2.75, 3.05) is 71.7 Å². The number of hydrogen-bond donors (Lipinski definition) is 4. The summed E-state index contributed by atoms with van der Waals surface area (Å²) in [5.74, 6) is -0.772. The molecular weight excluding hydrogens is 610 g/mol. The fraction of sp³-hybridized carbons (Fsp3) is 0.485. The number of amides is 4. The standard InChI is InChI=1S/C33H45N5O9/c1-44-25-7-2-6-24(22-25)32(42)36-14-17-46-19-21-47-20-18-45-16-13-35-12-4-11-30(40)37-28-9-3-8-26-27(28)23-38(33(26)43)29(31(34)41)10-5-15-39/h2-3,6-9,15,22,29,35H,4-5,10-14,16-21,23H2,1H3,(H2,34,41)(H,36,42)(H,37,40). The van der Waals surface area contributed by atoms with Crippen LogP contribution < -0.4 is 26.4 Å². The summed E-state index contributed by atoms with van der Waals surface area (Å²) in [4.78, 5) is 61.7. The molecular formula is C33H45N5O9. The van der Waals surface area contributed by atoms with E-state index in [1.165, 1.54) is 4.90 Å². The van der Waals surface area contributed by atoms with Gasteiger partial charge in [-0.1, -0.05) is 12.1 Å². The Bertz CT molecular complexity index is 1340. The highest BCUT2D eigenvalue weighted by Crippen LogP contribution is 2.31. The van der Waals surface area contributed by atoms with Crippen molar-refractivity contribution in [3.8, 4) is 5.75 Å². The highest BCUT2D eigenvalue weighted by atomic mass is 16.5. The molecule has 3 rings (SSSR count). The topological polar surface area (TPSA) is 188 Å². The second-order valence-electron chi connectivity index (χ2n) is 10.7. The van der Waals surface area contributed by atoms with Gasteiger partial charge in [-0.25, -0.2) is 0 Å². The van der Waals surface area contributed by atoms with E-state index < -0.39 is 11.9 Å². The van der Waals surface area contributed by atoms with Crippen LogP contribution in [-0.2, 0) is 35.1 Å². The van der Waals surface area contributed by atoms with Gasteiger partial charge in [0.1, 0.15) is 18.1 Å². The quantitative estimate of drug-likeness (QED) is 0.0948. The number of nitrogens with zero attached hydrogens (tertiary/aromatic N) is 1. The van der Waals surface area contributed by atoms with E-state index in [4.69, 9.17) is 24.7 Å². The summed E-state index contributed by atoms with van der Waals surface area (Å²) in [5.41, 5.74) is 7.57. The molecule has 4 amide bonds. The number of ether oxygens (including phenoxy) is 4. The third-order valence-electron chi connectivity index (χ3n) is 7.32. The number of nitrogens with two attached hydrogens (primary N) is 1. The molecule has 0 aromatic heterocycles. The Labute approximate surface area is 274 Å². The lowest BCUT2D eigenvalue weighted by Crippen LogP contribution is -2.44. The van der Waals surface area contributed by atoms with Crippen molar-refractivity contribution in [3.05, 3.63) is 59.2 Å². The Morgan fingerprint density at radius 1 is 0.957 bits per heavy atom. The lowest BCUT2D eigenvalue weighted by Gasteiger charge is -2.24. The zero-order valence-corrected chi connectivity index (χ0v) is 26.8. The van der Waals surface area contributed by atoms with Gasteiger partial charge in [0.25, 0.3) is 11.8 Å². The number of methoxy groups -OCH3 is 1. The molecule has 0 aliphatic carbocycles. The average molecular weight is 656 g/mol. The number of fused-ring (bicyclic) bond motifs is 1. The van der Waals surface area contributed by atoms with Gasteiger partial charge in [0, 0.05) is 54.9 Å². The number of nitrogens with one attached hydrogen (secondary N) is 3. The Balaban J connectivity index is 1.17. The third-order valence-corrected chi connectivity index (χ3v) is 7.32. The van der Waals surface area contributed by atoms with Gasteiger partial charge in [-0.15, -0.1) is 0 Å². The lowest BCUT2D eigenvalue weighted by molar-refractivity contribution is -0.123. The molecule has 2 aromatic carbocycles. The van der Waals surface area contributed by atoms with Crippen molar-refractivity contribution < 1.29 is 42.9 Å². The largest absolute Gasteiger partial charge is 0.497 e. The fourth-order valence-electron chi connectivity index (χ4n) is 4.90. The van der Waals surface area contributed by atoms with E-state index in [9.17, 15) is 24.0 Å². The molecule has 1 heterocycles. The minimum absolute atomic E-state index is 0.112. The van der Waals surface area contributed by atoms with Crippen LogP contribution in [0.1, 0.15) is 52.0 Å². The molecule has 14 nitrogen and oxygen atoms in total. The third kappa shape index (κ3) is 12.4. The molecule has 0 radical (unpaired) electrons. The Kier molecular flexibility index (Phi) is 16.3. The maximum absolute atomic E-state index is 12.9. The first-order valence-electron chi connectivity index (χ1n) is 15.7. The van der Waals surface area contributed by atoms with Gasteiger partial charge in [-0.2, -0.15) is 0 Å². The van der Waals surface area contributed by atoms with Crippen LogP contribution in [-0.4, -0.2) is 107 Å². The second kappa shape index (κ2) is 20.7. The molecule has 2 aromatic rings. The fourth-order valence-corrected chi connectivity index (χ4v) is 4.90. The molecule has 0 spiro atoms. The predicted octanol–water partition coefficient (Wildman–Crippen LogP) is 1.27. The SMILES string of the molecule is COc1cccc(C(=O)NCCOCCOCCOCCNCCCC(=O)Nc2cccc3c2CN(C(CCC=O)C(N)=O)C3=O)c1. The molecule has 47 heavy (non-hydrogen) atoms. The van der Waals surface area contributed by atoms with E-state index in [1.54, 1.807) is 49.6 Å². The van der Waals surface area contributed by atoms with Gasteiger partial charge in [-0.3, -0.25) is 19.2 Å². The zero-order chi connectivity index (χ0) is 33.9. The molecule has 1 aliphatic heterocycles. The normalized spacial score (nSPS) is 12.8.